The van der Waals surface area contributed by atoms with Crippen LogP contribution in [0.15, 0.2) is 72.9 Å². The number of primary amides is 1. The van der Waals surface area contributed by atoms with Gasteiger partial charge < -0.3 is 24.9 Å². The van der Waals surface area contributed by atoms with Gasteiger partial charge in [0, 0.05) is 18.0 Å². The number of aromatic nitrogens is 1. The first-order valence-corrected chi connectivity index (χ1v) is 14.1. The van der Waals surface area contributed by atoms with E-state index in [1.165, 1.54) is 5.56 Å². The summed E-state index contributed by atoms with van der Waals surface area (Å²) in [5, 5.41) is 10.4. The van der Waals surface area contributed by atoms with Gasteiger partial charge in [0.15, 0.2) is 0 Å². The van der Waals surface area contributed by atoms with Crippen molar-refractivity contribution >= 4 is 34.9 Å². The van der Waals surface area contributed by atoms with Crippen LogP contribution in [-0.4, -0.2) is 34.8 Å². The maximum Gasteiger partial charge on any atom is 0.323 e. The highest BCUT2D eigenvalue weighted by atomic mass is 16.5. The molecular formula is C35H38N2O5. The molecule has 7 nitrogen and oxygen atoms in total. The quantitative estimate of drug-likeness (QED) is 0.131. The number of carboxylic acid groups (broad SMARTS) is 1. The number of ether oxygens (including phenoxy) is 2. The molecule has 3 aromatic carbocycles. The Morgan fingerprint density at radius 3 is 2.29 bits per heavy atom. The summed E-state index contributed by atoms with van der Waals surface area (Å²) in [5.41, 5.74) is 12.6. The van der Waals surface area contributed by atoms with Crippen LogP contribution in [0.25, 0.3) is 23.1 Å². The molecule has 0 saturated carbocycles. The van der Waals surface area contributed by atoms with Crippen LogP contribution in [0.3, 0.4) is 0 Å². The Hall–Kier alpha value is -4.78. The Labute approximate surface area is 246 Å². The summed E-state index contributed by atoms with van der Waals surface area (Å²) < 4.78 is 13.5. The third-order valence-corrected chi connectivity index (χ3v) is 6.96. The Bertz CT molecular complexity index is 1590. The maximum absolute atomic E-state index is 11.5. The fourth-order valence-electron chi connectivity index (χ4n) is 5.19. The lowest BCUT2D eigenvalue weighted by molar-refractivity contribution is -0.137. The number of aryl methyl sites for hydroxylation is 4. The number of carbonyl (C=O) groups excluding carboxylic acids is 1. The summed E-state index contributed by atoms with van der Waals surface area (Å²) in [6.07, 6.45) is 11.3. The molecule has 0 aliphatic rings. The third-order valence-electron chi connectivity index (χ3n) is 6.96. The molecule has 218 valence electrons. The molecule has 1 aromatic heterocycles. The van der Waals surface area contributed by atoms with Crippen LogP contribution < -0.4 is 15.2 Å². The fourth-order valence-corrected chi connectivity index (χ4v) is 5.19. The van der Waals surface area contributed by atoms with E-state index < -0.39 is 5.97 Å². The van der Waals surface area contributed by atoms with Crippen LogP contribution in [0.1, 0.15) is 46.2 Å². The highest BCUT2D eigenvalue weighted by Gasteiger charge is 2.13. The topological polar surface area (TPSA) is 104 Å². The van der Waals surface area contributed by atoms with Crippen LogP contribution in [0, 0.1) is 20.8 Å². The van der Waals surface area contributed by atoms with Crippen molar-refractivity contribution in [1.82, 2.24) is 4.57 Å². The number of carboxylic acids is 1. The van der Waals surface area contributed by atoms with Crippen LogP contribution in [0.5, 0.6) is 11.5 Å². The van der Waals surface area contributed by atoms with Crippen LogP contribution >= 0.6 is 0 Å². The van der Waals surface area contributed by atoms with Gasteiger partial charge >= 0.3 is 5.97 Å². The van der Waals surface area contributed by atoms with E-state index in [2.05, 4.69) is 32.9 Å². The van der Waals surface area contributed by atoms with Crippen molar-refractivity contribution in [3.05, 3.63) is 106 Å². The van der Waals surface area contributed by atoms with Crippen LogP contribution in [0.2, 0.25) is 0 Å². The Balaban J connectivity index is 1.37. The van der Waals surface area contributed by atoms with Gasteiger partial charge in [-0.25, -0.2) is 0 Å². The molecule has 1 amide bonds. The first-order valence-electron chi connectivity index (χ1n) is 14.1. The first kappa shape index (κ1) is 30.2. The molecule has 1 heterocycles. The molecule has 3 N–H and O–H groups in total. The molecule has 0 radical (unpaired) electrons. The lowest BCUT2D eigenvalue weighted by Gasteiger charge is -2.11. The molecule has 0 aliphatic heterocycles. The van der Waals surface area contributed by atoms with Crippen molar-refractivity contribution in [3.63, 3.8) is 0 Å². The summed E-state index contributed by atoms with van der Waals surface area (Å²) in [5.74, 6) is 0.445. The third kappa shape index (κ3) is 8.13. The summed E-state index contributed by atoms with van der Waals surface area (Å²) in [7, 11) is 0. The van der Waals surface area contributed by atoms with Gasteiger partial charge in [0.25, 0.3) is 0 Å². The van der Waals surface area contributed by atoms with E-state index in [0.717, 1.165) is 50.2 Å². The molecule has 0 unspecified atom stereocenters. The lowest BCUT2D eigenvalue weighted by atomic mass is 10.0. The number of benzene rings is 3. The van der Waals surface area contributed by atoms with E-state index in [0.29, 0.717) is 32.5 Å². The van der Waals surface area contributed by atoms with Crippen molar-refractivity contribution in [1.29, 1.82) is 0 Å². The molecule has 0 aliphatic carbocycles. The smallest absolute Gasteiger partial charge is 0.323 e. The lowest BCUT2D eigenvalue weighted by Crippen LogP contribution is -2.10. The monoisotopic (exact) mass is 566 g/mol. The van der Waals surface area contributed by atoms with Gasteiger partial charge in [-0.15, -0.1) is 0 Å². The highest BCUT2D eigenvalue weighted by Crippen LogP contribution is 2.28. The van der Waals surface area contributed by atoms with Gasteiger partial charge in [0.1, 0.15) is 31.3 Å². The van der Waals surface area contributed by atoms with E-state index >= 15 is 0 Å². The zero-order valence-corrected chi connectivity index (χ0v) is 24.4. The standard InChI is InChI=1S/C35H38N2O5/c1-24-20-25(2)35(26(3)21-24)42-19-5-4-18-41-30-16-13-27(14-17-30)12-15-28-8-6-10-31-29(9-7-11-32(36)38)22-37(34(28)31)23-33(39)40/h4-6,8,10,12-17,20-22H,7,9,11,18-19,23H2,1-3H3,(H2,36,38)(H,39,40)/b5-4+,15-12?. The maximum atomic E-state index is 11.5. The Kier molecular flexibility index (Phi) is 10.2. The molecule has 42 heavy (non-hydrogen) atoms. The molecule has 0 bridgehead atoms. The Morgan fingerprint density at radius 2 is 1.62 bits per heavy atom. The van der Waals surface area contributed by atoms with E-state index in [1.807, 2.05) is 73.0 Å². The summed E-state index contributed by atoms with van der Waals surface area (Å²) in [4.78, 5) is 22.7. The molecule has 4 rings (SSSR count). The number of amides is 1. The van der Waals surface area contributed by atoms with Crippen molar-refractivity contribution < 1.29 is 24.2 Å². The van der Waals surface area contributed by atoms with E-state index in [9.17, 15) is 14.7 Å². The number of para-hydroxylation sites is 1. The number of nitrogens with zero attached hydrogens (tertiary/aromatic N) is 1. The largest absolute Gasteiger partial charge is 0.490 e. The molecule has 4 aromatic rings. The molecule has 0 fully saturated rings. The number of rotatable bonds is 14. The van der Waals surface area contributed by atoms with Crippen LogP contribution in [0.4, 0.5) is 0 Å². The molecular weight excluding hydrogens is 528 g/mol. The molecule has 0 atom stereocenters. The number of carbonyl (C=O) groups is 2. The van der Waals surface area contributed by atoms with E-state index in [4.69, 9.17) is 15.2 Å². The van der Waals surface area contributed by atoms with Gasteiger partial charge in [-0.2, -0.15) is 0 Å². The minimum atomic E-state index is -0.913. The SMILES string of the molecule is Cc1cc(C)c(OC/C=C/COc2ccc(C=Cc3cccc4c(CCCC(N)=O)cn(CC(=O)O)c34)cc2)c(C)c1. The predicted molar refractivity (Wildman–Crippen MR) is 168 cm³/mol. The molecule has 0 spiro atoms. The predicted octanol–water partition coefficient (Wildman–Crippen LogP) is 6.64. The van der Waals surface area contributed by atoms with Crippen molar-refractivity contribution in [3.8, 4) is 11.5 Å². The second-order valence-electron chi connectivity index (χ2n) is 10.5. The van der Waals surface area contributed by atoms with Gasteiger partial charge in [-0.1, -0.05) is 60.2 Å². The second-order valence-corrected chi connectivity index (χ2v) is 10.5. The Morgan fingerprint density at radius 1 is 0.929 bits per heavy atom. The number of nitrogens with two attached hydrogens (primary N) is 1. The zero-order chi connectivity index (χ0) is 30.1. The van der Waals surface area contributed by atoms with Gasteiger partial charge in [-0.3, -0.25) is 9.59 Å². The number of hydrogen-bond acceptors (Lipinski definition) is 4. The van der Waals surface area contributed by atoms with Gasteiger partial charge in [0.05, 0.1) is 5.52 Å². The number of aliphatic carboxylic acids is 1. The summed E-state index contributed by atoms with van der Waals surface area (Å²) >= 11 is 0. The van der Waals surface area contributed by atoms with Gasteiger partial charge in [0.2, 0.25) is 5.91 Å². The van der Waals surface area contributed by atoms with Crippen molar-refractivity contribution in [2.75, 3.05) is 13.2 Å². The van der Waals surface area contributed by atoms with Crippen molar-refractivity contribution in [2.45, 2.75) is 46.6 Å². The number of fused-ring (bicyclic) bond motifs is 1. The summed E-state index contributed by atoms with van der Waals surface area (Å²) in [6, 6.07) is 18.0. The van der Waals surface area contributed by atoms with E-state index in [-0.39, 0.29) is 12.5 Å². The normalized spacial score (nSPS) is 11.5. The number of hydrogen-bond donors (Lipinski definition) is 2. The fraction of sp³-hybridized carbons (Fsp3) is 0.257. The highest BCUT2D eigenvalue weighted by molar-refractivity contribution is 5.94. The average Bonchev–Trinajstić information content (AvgIpc) is 3.28. The minimum absolute atomic E-state index is 0.144. The minimum Gasteiger partial charge on any atom is -0.490 e. The van der Waals surface area contributed by atoms with Crippen LogP contribution in [-0.2, 0) is 22.6 Å². The van der Waals surface area contributed by atoms with Gasteiger partial charge in [-0.05, 0) is 85.7 Å². The first-order chi connectivity index (χ1) is 20.2. The molecule has 0 saturated heterocycles. The van der Waals surface area contributed by atoms with Crippen molar-refractivity contribution in [2.24, 2.45) is 5.73 Å². The van der Waals surface area contributed by atoms with E-state index in [1.54, 1.807) is 4.57 Å². The summed E-state index contributed by atoms with van der Waals surface area (Å²) in [6.45, 7) is 6.98. The second kappa shape index (κ2) is 14.2. The zero-order valence-electron chi connectivity index (χ0n) is 24.4. The molecule has 7 heteroatoms. The average molecular weight is 567 g/mol.